The van der Waals surface area contributed by atoms with Crippen molar-refractivity contribution in [3.05, 3.63) is 69.5 Å². The minimum absolute atomic E-state index is 0.0487. The van der Waals surface area contributed by atoms with Crippen LogP contribution in [0.4, 0.5) is 18.9 Å². The van der Waals surface area contributed by atoms with Gasteiger partial charge in [0.15, 0.2) is 0 Å². The van der Waals surface area contributed by atoms with E-state index in [0.717, 1.165) is 12.1 Å². The van der Waals surface area contributed by atoms with E-state index >= 15 is 0 Å². The Kier molecular flexibility index (Phi) is 4.41. The zero-order chi connectivity index (χ0) is 17.0. The highest BCUT2D eigenvalue weighted by molar-refractivity contribution is 5.88. The lowest BCUT2D eigenvalue weighted by Gasteiger charge is -2.06. The third kappa shape index (κ3) is 3.91. The second-order valence-corrected chi connectivity index (χ2v) is 4.45. The maximum atomic E-state index is 12.5. The van der Waals surface area contributed by atoms with Gasteiger partial charge < -0.3 is 0 Å². The number of nitro groups is 1. The average molecular weight is 319 g/mol. The van der Waals surface area contributed by atoms with Crippen molar-refractivity contribution in [3.63, 3.8) is 0 Å². The summed E-state index contributed by atoms with van der Waals surface area (Å²) in [6.07, 6.45) is -2.46. The third-order valence-corrected chi connectivity index (χ3v) is 2.90. The summed E-state index contributed by atoms with van der Waals surface area (Å²) in [6, 6.07) is 9.17. The molecule has 0 saturated carbocycles. The van der Waals surface area contributed by atoms with Crippen molar-refractivity contribution in [2.24, 2.45) is 0 Å². The molecule has 0 saturated heterocycles. The van der Waals surface area contributed by atoms with Gasteiger partial charge in [0, 0.05) is 18.3 Å². The number of nitriles is 1. The fourth-order valence-corrected chi connectivity index (χ4v) is 1.74. The zero-order valence-electron chi connectivity index (χ0n) is 11.4. The normalized spacial score (nSPS) is 11.8. The summed E-state index contributed by atoms with van der Waals surface area (Å²) in [4.78, 5) is 13.6. The minimum atomic E-state index is -4.50. The highest BCUT2D eigenvalue weighted by Crippen LogP contribution is 2.29. The Labute approximate surface area is 128 Å². The largest absolute Gasteiger partial charge is 0.417 e. The Morgan fingerprint density at radius 2 is 1.87 bits per heavy atom. The topological polar surface area (TPSA) is 79.8 Å². The molecule has 1 aromatic carbocycles. The standard InChI is InChI=1S/C15H8F3N3O2/c16-15(17,18)12-3-6-14(20-9-12)11(8-19)7-10-1-4-13(5-2-10)21(22)23/h1-7,9H/b11-7+. The van der Waals surface area contributed by atoms with Crippen LogP contribution in [0.1, 0.15) is 16.8 Å². The van der Waals surface area contributed by atoms with Crippen LogP contribution in [0.2, 0.25) is 0 Å². The van der Waals surface area contributed by atoms with Crippen molar-refractivity contribution in [2.75, 3.05) is 0 Å². The molecule has 0 fully saturated rings. The lowest BCUT2D eigenvalue weighted by atomic mass is 10.1. The second-order valence-electron chi connectivity index (χ2n) is 4.45. The summed E-state index contributed by atoms with van der Waals surface area (Å²) in [7, 11) is 0. The second kappa shape index (κ2) is 6.27. The first-order valence-corrected chi connectivity index (χ1v) is 6.21. The number of rotatable bonds is 3. The molecule has 2 aromatic rings. The number of alkyl halides is 3. The molecule has 116 valence electrons. The number of hydrogen-bond donors (Lipinski definition) is 0. The summed E-state index contributed by atoms with van der Waals surface area (Å²) >= 11 is 0. The SMILES string of the molecule is N#C/C(=C\c1ccc([N+](=O)[O-])cc1)c1ccc(C(F)(F)F)cn1. The van der Waals surface area contributed by atoms with Crippen molar-refractivity contribution in [1.29, 1.82) is 5.26 Å². The summed E-state index contributed by atoms with van der Waals surface area (Å²) in [5.41, 5.74) is -0.387. The van der Waals surface area contributed by atoms with Gasteiger partial charge in [0.2, 0.25) is 0 Å². The molecule has 0 aliphatic heterocycles. The van der Waals surface area contributed by atoms with Crippen molar-refractivity contribution in [1.82, 2.24) is 4.98 Å². The van der Waals surface area contributed by atoms with Crippen LogP contribution in [0.15, 0.2) is 42.6 Å². The van der Waals surface area contributed by atoms with Crippen LogP contribution >= 0.6 is 0 Å². The fourth-order valence-electron chi connectivity index (χ4n) is 1.74. The van der Waals surface area contributed by atoms with Gasteiger partial charge in [-0.3, -0.25) is 15.1 Å². The molecule has 0 atom stereocenters. The van der Waals surface area contributed by atoms with E-state index in [0.29, 0.717) is 11.8 Å². The number of nitrogens with zero attached hydrogens (tertiary/aromatic N) is 3. The van der Waals surface area contributed by atoms with Gasteiger partial charge in [0.25, 0.3) is 5.69 Å². The summed E-state index contributed by atoms with van der Waals surface area (Å²) in [6.45, 7) is 0. The van der Waals surface area contributed by atoms with Gasteiger partial charge in [0.1, 0.15) is 6.07 Å². The molecule has 8 heteroatoms. The lowest BCUT2D eigenvalue weighted by Crippen LogP contribution is -2.05. The lowest BCUT2D eigenvalue weighted by molar-refractivity contribution is -0.384. The molecule has 0 aliphatic carbocycles. The maximum absolute atomic E-state index is 12.5. The van der Waals surface area contributed by atoms with Gasteiger partial charge in [-0.25, -0.2) is 0 Å². The van der Waals surface area contributed by atoms with Crippen molar-refractivity contribution in [3.8, 4) is 6.07 Å². The maximum Gasteiger partial charge on any atom is 0.417 e. The number of benzene rings is 1. The number of halogens is 3. The first kappa shape index (κ1) is 16.2. The first-order valence-electron chi connectivity index (χ1n) is 6.21. The molecule has 1 heterocycles. The van der Waals surface area contributed by atoms with Gasteiger partial charge in [-0.2, -0.15) is 18.4 Å². The van der Waals surface area contributed by atoms with E-state index in [1.807, 2.05) is 6.07 Å². The molecule has 23 heavy (non-hydrogen) atoms. The van der Waals surface area contributed by atoms with Gasteiger partial charge in [-0.1, -0.05) is 0 Å². The predicted octanol–water partition coefficient (Wildman–Crippen LogP) is 4.07. The minimum Gasteiger partial charge on any atom is -0.258 e. The van der Waals surface area contributed by atoms with Crippen LogP contribution in [0.3, 0.4) is 0 Å². The van der Waals surface area contributed by atoms with Gasteiger partial charge in [-0.05, 0) is 35.9 Å². The average Bonchev–Trinajstić information content (AvgIpc) is 2.52. The number of non-ortho nitro benzene ring substituents is 1. The molecule has 0 spiro atoms. The van der Waals surface area contributed by atoms with Crippen LogP contribution in [0.25, 0.3) is 11.6 Å². The monoisotopic (exact) mass is 319 g/mol. The molecule has 0 unspecified atom stereocenters. The van der Waals surface area contributed by atoms with E-state index in [9.17, 15) is 23.3 Å². The number of aromatic nitrogens is 1. The fraction of sp³-hybridized carbons (Fsp3) is 0.0667. The molecule has 2 rings (SSSR count). The van der Waals surface area contributed by atoms with Crippen LogP contribution in [0.5, 0.6) is 0 Å². The molecule has 1 aromatic heterocycles. The molecule has 5 nitrogen and oxygen atoms in total. The Morgan fingerprint density at radius 3 is 2.30 bits per heavy atom. The Hall–Kier alpha value is -3.21. The Balaban J connectivity index is 2.32. The highest BCUT2D eigenvalue weighted by atomic mass is 19.4. The molecular weight excluding hydrogens is 311 g/mol. The molecule has 0 aliphatic rings. The Morgan fingerprint density at radius 1 is 1.22 bits per heavy atom. The Bertz CT molecular complexity index is 789. The number of hydrogen-bond acceptors (Lipinski definition) is 4. The third-order valence-electron chi connectivity index (χ3n) is 2.90. The quantitative estimate of drug-likeness (QED) is 0.485. The smallest absolute Gasteiger partial charge is 0.258 e. The molecular formula is C15H8F3N3O2. The van der Waals surface area contributed by atoms with E-state index in [1.54, 1.807) is 0 Å². The van der Waals surface area contributed by atoms with E-state index in [1.165, 1.54) is 30.3 Å². The van der Waals surface area contributed by atoms with Crippen molar-refractivity contribution < 1.29 is 18.1 Å². The van der Waals surface area contributed by atoms with E-state index in [-0.39, 0.29) is 17.0 Å². The van der Waals surface area contributed by atoms with Gasteiger partial charge in [0.05, 0.1) is 21.8 Å². The molecule has 0 bridgehead atoms. The van der Waals surface area contributed by atoms with E-state index in [2.05, 4.69) is 4.98 Å². The van der Waals surface area contributed by atoms with Crippen LogP contribution in [-0.4, -0.2) is 9.91 Å². The van der Waals surface area contributed by atoms with E-state index in [4.69, 9.17) is 5.26 Å². The highest BCUT2D eigenvalue weighted by Gasteiger charge is 2.30. The first-order chi connectivity index (χ1) is 10.8. The van der Waals surface area contributed by atoms with E-state index < -0.39 is 16.7 Å². The number of allylic oxidation sites excluding steroid dienone is 1. The van der Waals surface area contributed by atoms with Crippen molar-refractivity contribution >= 4 is 17.3 Å². The molecule has 0 N–H and O–H groups in total. The predicted molar refractivity (Wildman–Crippen MR) is 75.8 cm³/mol. The number of pyridine rings is 1. The van der Waals surface area contributed by atoms with Crippen LogP contribution in [0, 0.1) is 21.4 Å². The number of nitro benzene ring substituents is 1. The van der Waals surface area contributed by atoms with Crippen molar-refractivity contribution in [2.45, 2.75) is 6.18 Å². The molecule has 0 amide bonds. The van der Waals surface area contributed by atoms with Gasteiger partial charge in [-0.15, -0.1) is 0 Å². The van der Waals surface area contributed by atoms with Crippen LogP contribution < -0.4 is 0 Å². The summed E-state index contributed by atoms with van der Waals surface area (Å²) in [5.74, 6) is 0. The zero-order valence-corrected chi connectivity index (χ0v) is 11.4. The van der Waals surface area contributed by atoms with Gasteiger partial charge >= 0.3 is 6.18 Å². The summed E-state index contributed by atoms with van der Waals surface area (Å²) in [5, 5.41) is 19.7. The molecule has 0 radical (unpaired) electrons. The van der Waals surface area contributed by atoms with Crippen LogP contribution in [-0.2, 0) is 6.18 Å². The summed E-state index contributed by atoms with van der Waals surface area (Å²) < 4.78 is 37.4.